The van der Waals surface area contributed by atoms with Gasteiger partial charge in [0.1, 0.15) is 11.8 Å². The summed E-state index contributed by atoms with van der Waals surface area (Å²) in [6.07, 6.45) is -9.85. The van der Waals surface area contributed by atoms with Crippen molar-refractivity contribution in [3.63, 3.8) is 0 Å². The predicted octanol–water partition coefficient (Wildman–Crippen LogP) is 5.78. The van der Waals surface area contributed by atoms with E-state index in [2.05, 4.69) is 10.1 Å². The SMILES string of the molecule is CCN(C(=O)NC(CCC(F)(F)F)C(F)(F)F)C(C)c1cc(-c2cc(OC)n3nccc3c2)c(OC)cn1. The number of carbonyl (C=O) groups is 1. The second-order valence-electron chi connectivity index (χ2n) is 8.42. The summed E-state index contributed by atoms with van der Waals surface area (Å²) in [6.45, 7) is 3.06. The van der Waals surface area contributed by atoms with Crippen LogP contribution in [-0.4, -0.2) is 64.7 Å². The Labute approximate surface area is 214 Å². The molecule has 2 amide bonds. The molecule has 2 atom stereocenters. The molecule has 14 heteroatoms. The average molecular weight is 548 g/mol. The van der Waals surface area contributed by atoms with E-state index in [0.29, 0.717) is 28.5 Å². The fourth-order valence-corrected chi connectivity index (χ4v) is 3.99. The van der Waals surface area contributed by atoms with Crippen molar-refractivity contribution in [1.29, 1.82) is 0 Å². The van der Waals surface area contributed by atoms with Crippen molar-refractivity contribution < 1.29 is 40.6 Å². The zero-order valence-corrected chi connectivity index (χ0v) is 21.0. The topological polar surface area (TPSA) is 81.0 Å². The third-order valence-electron chi connectivity index (χ3n) is 6.00. The lowest BCUT2D eigenvalue weighted by molar-refractivity contribution is -0.171. The molecular formula is C24H27F6N5O3. The van der Waals surface area contributed by atoms with Crippen LogP contribution < -0.4 is 14.8 Å². The molecule has 0 saturated carbocycles. The molecule has 3 aromatic rings. The van der Waals surface area contributed by atoms with Crippen molar-refractivity contribution in [3.8, 4) is 22.8 Å². The molecule has 0 radical (unpaired) electrons. The Morgan fingerprint density at radius 1 is 1.13 bits per heavy atom. The number of carbonyl (C=O) groups excluding carboxylic acids is 1. The zero-order valence-electron chi connectivity index (χ0n) is 21.0. The molecule has 0 spiro atoms. The highest BCUT2D eigenvalue weighted by Gasteiger charge is 2.43. The van der Waals surface area contributed by atoms with Crippen LogP contribution >= 0.6 is 0 Å². The summed E-state index contributed by atoms with van der Waals surface area (Å²) in [5, 5.41) is 5.90. The van der Waals surface area contributed by atoms with Gasteiger partial charge in [0, 0.05) is 24.6 Å². The van der Waals surface area contributed by atoms with Crippen LogP contribution in [-0.2, 0) is 0 Å². The molecule has 0 saturated heterocycles. The van der Waals surface area contributed by atoms with Gasteiger partial charge in [0.05, 0.1) is 43.9 Å². The van der Waals surface area contributed by atoms with E-state index in [1.165, 1.54) is 27.3 Å². The van der Waals surface area contributed by atoms with E-state index in [4.69, 9.17) is 9.47 Å². The van der Waals surface area contributed by atoms with Gasteiger partial charge in [0.2, 0.25) is 5.88 Å². The Hall–Kier alpha value is -3.71. The Bertz CT molecular complexity index is 1260. The number of aromatic nitrogens is 3. The van der Waals surface area contributed by atoms with Crippen molar-refractivity contribution in [2.45, 2.75) is 51.1 Å². The summed E-state index contributed by atoms with van der Waals surface area (Å²) in [4.78, 5) is 18.2. The molecule has 0 aliphatic heterocycles. The number of alkyl halides is 6. The third-order valence-corrected chi connectivity index (χ3v) is 6.00. The number of nitrogens with one attached hydrogen (secondary N) is 1. The Morgan fingerprint density at radius 3 is 2.42 bits per heavy atom. The minimum Gasteiger partial charge on any atom is -0.494 e. The van der Waals surface area contributed by atoms with Gasteiger partial charge in [-0.25, -0.2) is 9.31 Å². The molecule has 2 unspecified atom stereocenters. The highest BCUT2D eigenvalue weighted by atomic mass is 19.4. The molecule has 0 fully saturated rings. The number of halogens is 6. The van der Waals surface area contributed by atoms with Gasteiger partial charge in [-0.3, -0.25) is 4.98 Å². The van der Waals surface area contributed by atoms with E-state index in [1.807, 2.05) is 6.07 Å². The van der Waals surface area contributed by atoms with E-state index in [-0.39, 0.29) is 6.54 Å². The van der Waals surface area contributed by atoms with E-state index in [9.17, 15) is 31.1 Å². The first-order valence-electron chi connectivity index (χ1n) is 11.6. The van der Waals surface area contributed by atoms with Crippen LogP contribution in [0.25, 0.3) is 16.6 Å². The van der Waals surface area contributed by atoms with Gasteiger partial charge in [0.25, 0.3) is 0 Å². The summed E-state index contributed by atoms with van der Waals surface area (Å²) >= 11 is 0. The van der Waals surface area contributed by atoms with Crippen molar-refractivity contribution in [2.75, 3.05) is 20.8 Å². The van der Waals surface area contributed by atoms with E-state index >= 15 is 0 Å². The number of fused-ring (bicyclic) bond motifs is 1. The van der Waals surface area contributed by atoms with Gasteiger partial charge in [-0.2, -0.15) is 31.4 Å². The third kappa shape index (κ3) is 6.58. The van der Waals surface area contributed by atoms with Crippen molar-refractivity contribution in [1.82, 2.24) is 24.8 Å². The van der Waals surface area contributed by atoms with E-state index in [0.717, 1.165) is 10.4 Å². The molecule has 1 N–H and O–H groups in total. The molecule has 208 valence electrons. The molecular weight excluding hydrogens is 520 g/mol. The highest BCUT2D eigenvalue weighted by molar-refractivity contribution is 5.77. The van der Waals surface area contributed by atoms with Gasteiger partial charge >= 0.3 is 18.4 Å². The molecule has 38 heavy (non-hydrogen) atoms. The standard InChI is InChI=1S/C24H27F6N5O3/c1-5-34(22(36)33-20(24(28,29)30)6-8-23(25,26)27)14(2)18-12-17(19(37-3)13-31-18)15-10-16-7-9-32-35(16)21(11-15)38-4/h7,9-14,20H,5-6,8H2,1-4H3,(H,33,36). The van der Waals surface area contributed by atoms with Gasteiger partial charge in [0.15, 0.2) is 0 Å². The summed E-state index contributed by atoms with van der Waals surface area (Å²) < 4.78 is 90.2. The number of hydrogen-bond donors (Lipinski definition) is 1. The van der Waals surface area contributed by atoms with Crippen molar-refractivity contribution >= 4 is 11.5 Å². The number of methoxy groups -OCH3 is 2. The minimum atomic E-state index is -5.06. The van der Waals surface area contributed by atoms with Crippen LogP contribution in [0.2, 0.25) is 0 Å². The van der Waals surface area contributed by atoms with Crippen LogP contribution in [0.15, 0.2) is 36.7 Å². The normalized spacial score (nSPS) is 13.7. The number of pyridine rings is 2. The van der Waals surface area contributed by atoms with Gasteiger partial charge in [-0.1, -0.05) is 0 Å². The molecule has 0 aliphatic rings. The van der Waals surface area contributed by atoms with Gasteiger partial charge < -0.3 is 19.7 Å². The quantitative estimate of drug-likeness (QED) is 0.344. The number of urea groups is 1. The molecule has 0 bridgehead atoms. The number of ether oxygens (including phenoxy) is 2. The Morgan fingerprint density at radius 2 is 1.84 bits per heavy atom. The van der Waals surface area contributed by atoms with Crippen molar-refractivity contribution in [3.05, 3.63) is 42.4 Å². The minimum absolute atomic E-state index is 0.0322. The second-order valence-corrected chi connectivity index (χ2v) is 8.42. The molecule has 0 aromatic carbocycles. The number of amides is 2. The molecule has 3 aromatic heterocycles. The molecule has 0 aliphatic carbocycles. The fourth-order valence-electron chi connectivity index (χ4n) is 3.99. The van der Waals surface area contributed by atoms with Gasteiger partial charge in [-0.05, 0) is 44.0 Å². The lowest BCUT2D eigenvalue weighted by Gasteiger charge is -2.31. The average Bonchev–Trinajstić information content (AvgIpc) is 3.33. The number of nitrogens with zero attached hydrogens (tertiary/aromatic N) is 4. The summed E-state index contributed by atoms with van der Waals surface area (Å²) in [5.74, 6) is 0.825. The maximum atomic E-state index is 13.4. The van der Waals surface area contributed by atoms with Crippen molar-refractivity contribution in [2.24, 2.45) is 0 Å². The first-order chi connectivity index (χ1) is 17.8. The smallest absolute Gasteiger partial charge is 0.408 e. The maximum Gasteiger partial charge on any atom is 0.408 e. The molecule has 8 nitrogen and oxygen atoms in total. The second kappa shape index (κ2) is 11.4. The zero-order chi connectivity index (χ0) is 28.3. The van der Waals surface area contributed by atoms with E-state index < -0.39 is 43.3 Å². The largest absolute Gasteiger partial charge is 0.494 e. The maximum absolute atomic E-state index is 13.4. The molecule has 3 heterocycles. The summed E-state index contributed by atoms with van der Waals surface area (Å²) in [6, 6.07) is 2.28. The fraction of sp³-hybridized carbons (Fsp3) is 0.458. The predicted molar refractivity (Wildman–Crippen MR) is 126 cm³/mol. The lowest BCUT2D eigenvalue weighted by Crippen LogP contribution is -2.51. The van der Waals surface area contributed by atoms with Crippen LogP contribution in [0, 0.1) is 0 Å². The highest BCUT2D eigenvalue weighted by Crippen LogP contribution is 2.35. The van der Waals surface area contributed by atoms with Crippen LogP contribution in [0.1, 0.15) is 38.4 Å². The first-order valence-corrected chi connectivity index (χ1v) is 11.6. The Balaban J connectivity index is 1.92. The molecule has 3 rings (SSSR count). The summed E-state index contributed by atoms with van der Waals surface area (Å²) in [7, 11) is 2.93. The number of hydrogen-bond acceptors (Lipinski definition) is 5. The van der Waals surface area contributed by atoms with Crippen LogP contribution in [0.5, 0.6) is 11.6 Å². The number of rotatable bonds is 9. The monoisotopic (exact) mass is 547 g/mol. The summed E-state index contributed by atoms with van der Waals surface area (Å²) in [5.41, 5.74) is 2.28. The first kappa shape index (κ1) is 28.9. The Kier molecular flexibility index (Phi) is 8.62. The van der Waals surface area contributed by atoms with Crippen LogP contribution in [0.4, 0.5) is 31.1 Å². The van der Waals surface area contributed by atoms with E-state index in [1.54, 1.807) is 41.2 Å². The lowest BCUT2D eigenvalue weighted by atomic mass is 10.0. The van der Waals surface area contributed by atoms with Crippen LogP contribution in [0.3, 0.4) is 0 Å². The van der Waals surface area contributed by atoms with Gasteiger partial charge in [-0.15, -0.1) is 0 Å².